The molecule has 6 heteroatoms. The van der Waals surface area contributed by atoms with Gasteiger partial charge >= 0.3 is 5.97 Å². The molecule has 2 aromatic carbocycles. The minimum atomic E-state index is -0.636. The van der Waals surface area contributed by atoms with Crippen LogP contribution in [-0.4, -0.2) is 12.6 Å². The van der Waals surface area contributed by atoms with E-state index >= 15 is 0 Å². The molecule has 0 aromatic heterocycles. The van der Waals surface area contributed by atoms with Crippen molar-refractivity contribution in [3.63, 3.8) is 0 Å². The van der Waals surface area contributed by atoms with Crippen molar-refractivity contribution in [2.75, 3.05) is 6.61 Å². The van der Waals surface area contributed by atoms with Gasteiger partial charge in [0.2, 0.25) is 0 Å². The van der Waals surface area contributed by atoms with Gasteiger partial charge in [0.25, 0.3) is 0 Å². The molecular weight excluding hydrogens is 361 g/mol. The van der Waals surface area contributed by atoms with Crippen molar-refractivity contribution in [3.05, 3.63) is 69.2 Å². The van der Waals surface area contributed by atoms with Crippen LogP contribution in [0.3, 0.4) is 0 Å². The van der Waals surface area contributed by atoms with Crippen molar-refractivity contribution in [2.24, 2.45) is 0 Å². The maximum absolute atomic E-state index is 11.6. The van der Waals surface area contributed by atoms with Crippen LogP contribution in [0.2, 0.25) is 10.0 Å². The molecule has 2 rings (SSSR count). The van der Waals surface area contributed by atoms with E-state index in [9.17, 15) is 4.79 Å². The van der Waals surface area contributed by atoms with Crippen LogP contribution in [-0.2, 0) is 16.1 Å². The smallest absolute Gasteiger partial charge is 0.348 e. The Bertz CT molecular complexity index is 824. The average Bonchev–Trinajstić information content (AvgIpc) is 2.60. The predicted octanol–water partition coefficient (Wildman–Crippen LogP) is 5.04. The summed E-state index contributed by atoms with van der Waals surface area (Å²) in [7, 11) is 0. The topological polar surface area (TPSA) is 59.3 Å². The highest BCUT2D eigenvalue weighted by Gasteiger charge is 2.09. The summed E-state index contributed by atoms with van der Waals surface area (Å²) in [6, 6.07) is 14.0. The van der Waals surface area contributed by atoms with E-state index in [0.29, 0.717) is 28.0 Å². The molecule has 0 aliphatic heterocycles. The van der Waals surface area contributed by atoms with Gasteiger partial charge in [-0.2, -0.15) is 5.26 Å². The molecule has 0 saturated heterocycles. The normalized spacial score (nSPS) is 10.9. The first-order chi connectivity index (χ1) is 12.0. The fraction of sp³-hybridized carbons (Fsp3) is 0.158. The van der Waals surface area contributed by atoms with Crippen molar-refractivity contribution in [2.45, 2.75) is 13.5 Å². The molecule has 128 valence electrons. The van der Waals surface area contributed by atoms with E-state index in [4.69, 9.17) is 37.9 Å². The maximum atomic E-state index is 11.6. The monoisotopic (exact) mass is 375 g/mol. The maximum Gasteiger partial charge on any atom is 0.348 e. The third-order valence-electron chi connectivity index (χ3n) is 3.22. The van der Waals surface area contributed by atoms with Crippen molar-refractivity contribution in [1.29, 1.82) is 5.26 Å². The van der Waals surface area contributed by atoms with Crippen molar-refractivity contribution in [1.82, 2.24) is 0 Å². The zero-order valence-corrected chi connectivity index (χ0v) is 15.0. The number of ether oxygens (including phenoxy) is 2. The molecule has 0 atom stereocenters. The minimum absolute atomic E-state index is 0.0523. The first kappa shape index (κ1) is 18.9. The molecule has 0 heterocycles. The van der Waals surface area contributed by atoms with Crippen LogP contribution >= 0.6 is 23.2 Å². The molecule has 0 N–H and O–H groups in total. The number of hydrogen-bond acceptors (Lipinski definition) is 4. The van der Waals surface area contributed by atoms with Crippen LogP contribution in [0.4, 0.5) is 0 Å². The second kappa shape index (κ2) is 9.12. The number of esters is 1. The van der Waals surface area contributed by atoms with Gasteiger partial charge in [0.15, 0.2) is 0 Å². The number of hydrogen-bond donors (Lipinski definition) is 0. The highest BCUT2D eigenvalue weighted by Crippen LogP contribution is 2.23. The number of nitriles is 1. The summed E-state index contributed by atoms with van der Waals surface area (Å²) in [6.45, 7) is 2.21. The van der Waals surface area contributed by atoms with Gasteiger partial charge < -0.3 is 9.47 Å². The SMILES string of the molecule is CCOC(=O)/C(C#N)=C/c1ccc(OCc2ccc(Cl)cc2Cl)cc1. The molecule has 25 heavy (non-hydrogen) atoms. The Kier molecular flexibility index (Phi) is 6.88. The van der Waals surface area contributed by atoms with Crippen LogP contribution in [0.15, 0.2) is 48.0 Å². The summed E-state index contributed by atoms with van der Waals surface area (Å²) >= 11 is 12.0. The van der Waals surface area contributed by atoms with E-state index < -0.39 is 5.97 Å². The van der Waals surface area contributed by atoms with Crippen LogP contribution in [0, 0.1) is 11.3 Å². The largest absolute Gasteiger partial charge is 0.489 e. The lowest BCUT2D eigenvalue weighted by atomic mass is 10.1. The third-order valence-corrected chi connectivity index (χ3v) is 3.80. The molecule has 0 bridgehead atoms. The number of benzene rings is 2. The first-order valence-electron chi connectivity index (χ1n) is 7.49. The molecule has 0 aliphatic carbocycles. The Balaban J connectivity index is 2.04. The van der Waals surface area contributed by atoms with E-state index in [1.165, 1.54) is 6.08 Å². The lowest BCUT2D eigenvalue weighted by Gasteiger charge is -2.08. The summed E-state index contributed by atoms with van der Waals surface area (Å²) in [4.78, 5) is 11.6. The Morgan fingerprint density at radius 2 is 1.92 bits per heavy atom. The van der Waals surface area contributed by atoms with Crippen molar-refractivity contribution in [3.8, 4) is 11.8 Å². The summed E-state index contributed by atoms with van der Waals surface area (Å²) in [6.07, 6.45) is 1.47. The summed E-state index contributed by atoms with van der Waals surface area (Å²) in [5.74, 6) is 0.000478. The Morgan fingerprint density at radius 1 is 1.20 bits per heavy atom. The molecular formula is C19H15Cl2NO3. The second-order valence-electron chi connectivity index (χ2n) is 4.98. The molecule has 0 saturated carbocycles. The summed E-state index contributed by atoms with van der Waals surface area (Å²) in [5, 5.41) is 10.1. The van der Waals surface area contributed by atoms with E-state index in [2.05, 4.69) is 0 Å². The number of rotatable bonds is 6. The predicted molar refractivity (Wildman–Crippen MR) is 97.5 cm³/mol. The summed E-state index contributed by atoms with van der Waals surface area (Å²) < 4.78 is 10.5. The van der Waals surface area contributed by atoms with E-state index in [1.807, 2.05) is 6.07 Å². The van der Waals surface area contributed by atoms with Crippen LogP contribution in [0.1, 0.15) is 18.1 Å². The Hall–Kier alpha value is -2.48. The number of nitrogens with zero attached hydrogens (tertiary/aromatic N) is 1. The highest BCUT2D eigenvalue weighted by molar-refractivity contribution is 6.35. The molecule has 0 radical (unpaired) electrons. The Morgan fingerprint density at radius 3 is 2.52 bits per heavy atom. The lowest BCUT2D eigenvalue weighted by molar-refractivity contribution is -0.137. The highest BCUT2D eigenvalue weighted by atomic mass is 35.5. The van der Waals surface area contributed by atoms with E-state index in [1.54, 1.807) is 49.4 Å². The van der Waals surface area contributed by atoms with Crippen LogP contribution in [0.25, 0.3) is 6.08 Å². The molecule has 0 amide bonds. The molecule has 0 fully saturated rings. The van der Waals surface area contributed by atoms with Crippen LogP contribution < -0.4 is 4.74 Å². The zero-order valence-electron chi connectivity index (χ0n) is 13.5. The van der Waals surface area contributed by atoms with Gasteiger partial charge in [0.05, 0.1) is 6.61 Å². The van der Waals surface area contributed by atoms with Gasteiger partial charge in [-0.15, -0.1) is 0 Å². The van der Waals surface area contributed by atoms with Gasteiger partial charge in [-0.25, -0.2) is 4.79 Å². The molecule has 0 unspecified atom stereocenters. The van der Waals surface area contributed by atoms with Gasteiger partial charge in [-0.05, 0) is 42.8 Å². The fourth-order valence-electron chi connectivity index (χ4n) is 1.97. The quantitative estimate of drug-likeness (QED) is 0.403. The minimum Gasteiger partial charge on any atom is -0.489 e. The molecule has 4 nitrogen and oxygen atoms in total. The second-order valence-corrected chi connectivity index (χ2v) is 5.83. The van der Waals surface area contributed by atoms with Crippen molar-refractivity contribution < 1.29 is 14.3 Å². The van der Waals surface area contributed by atoms with Gasteiger partial charge in [0.1, 0.15) is 24.0 Å². The van der Waals surface area contributed by atoms with Crippen molar-refractivity contribution >= 4 is 35.2 Å². The zero-order chi connectivity index (χ0) is 18.2. The first-order valence-corrected chi connectivity index (χ1v) is 8.24. The molecule has 2 aromatic rings. The lowest BCUT2D eigenvalue weighted by Crippen LogP contribution is -2.05. The Labute approximate surface area is 156 Å². The average molecular weight is 376 g/mol. The van der Waals surface area contributed by atoms with E-state index in [0.717, 1.165) is 5.56 Å². The van der Waals surface area contributed by atoms with Gasteiger partial charge in [-0.1, -0.05) is 41.4 Å². The number of carbonyl (C=O) groups excluding carboxylic acids is 1. The number of carbonyl (C=O) groups is 1. The fourth-order valence-corrected chi connectivity index (χ4v) is 2.44. The standard InChI is InChI=1S/C19H15Cl2NO3/c1-2-24-19(23)15(11-22)9-13-3-7-17(8-4-13)25-12-14-5-6-16(20)10-18(14)21/h3-10H,2,12H2,1H3/b15-9+. The third kappa shape index (κ3) is 5.53. The van der Waals surface area contributed by atoms with Crippen LogP contribution in [0.5, 0.6) is 5.75 Å². The van der Waals surface area contributed by atoms with Gasteiger partial charge in [0, 0.05) is 15.6 Å². The number of halogens is 2. The molecule has 0 aliphatic rings. The van der Waals surface area contributed by atoms with E-state index in [-0.39, 0.29) is 12.2 Å². The van der Waals surface area contributed by atoms with Gasteiger partial charge in [-0.3, -0.25) is 0 Å². The summed E-state index contributed by atoms with van der Waals surface area (Å²) in [5.41, 5.74) is 1.47. The molecule has 0 spiro atoms.